The third kappa shape index (κ3) is 3.59. The Morgan fingerprint density at radius 3 is 3.08 bits per heavy atom. The Morgan fingerprint density at radius 1 is 1.42 bits per heavy atom. The van der Waals surface area contributed by atoms with Gasteiger partial charge in [0, 0.05) is 23.6 Å². The number of thiophene rings is 1. The van der Waals surface area contributed by atoms with Crippen LogP contribution in [-0.2, 0) is 24.6 Å². The maximum absolute atomic E-state index is 12.9. The Morgan fingerprint density at radius 2 is 2.27 bits per heavy atom. The number of aryl methyl sites for hydroxylation is 2. The highest BCUT2D eigenvalue weighted by Crippen LogP contribution is 2.35. The molecule has 2 aliphatic rings. The zero-order valence-corrected chi connectivity index (χ0v) is 17.5. The van der Waals surface area contributed by atoms with E-state index in [1.54, 1.807) is 32.6 Å². The van der Waals surface area contributed by atoms with E-state index in [2.05, 4.69) is 13.8 Å². The van der Waals surface area contributed by atoms with Crippen molar-refractivity contribution in [1.82, 2.24) is 9.55 Å². The predicted molar refractivity (Wildman–Crippen MR) is 108 cm³/mol. The maximum atomic E-state index is 12.9. The number of nitrogens with one attached hydrogen (secondary N) is 1. The molecule has 0 amide bonds. The first-order valence-electron chi connectivity index (χ1n) is 9.62. The fraction of sp³-hybridized carbons (Fsp3) is 0.684. The highest BCUT2D eigenvalue weighted by molar-refractivity contribution is 7.99. The number of nitrogens with zero attached hydrogens (tertiary/aromatic N) is 2. The fourth-order valence-electron chi connectivity index (χ4n) is 4.12. The lowest BCUT2D eigenvalue weighted by Gasteiger charge is -2.31. The summed E-state index contributed by atoms with van der Waals surface area (Å²) >= 11 is 3.38. The number of hydrogen-bond donors (Lipinski definition) is 1. The van der Waals surface area contributed by atoms with Crippen molar-refractivity contribution >= 4 is 33.3 Å². The average molecular weight is 395 g/mol. The van der Waals surface area contributed by atoms with E-state index >= 15 is 0 Å². The van der Waals surface area contributed by atoms with Crippen molar-refractivity contribution in [3.05, 3.63) is 20.8 Å². The van der Waals surface area contributed by atoms with Crippen molar-refractivity contribution in [3.8, 4) is 0 Å². The third-order valence-corrected chi connectivity index (χ3v) is 7.67. The summed E-state index contributed by atoms with van der Waals surface area (Å²) in [7, 11) is 1.86. The molecule has 2 aromatic rings. The number of ether oxygens (including phenoxy) is 1. The van der Waals surface area contributed by atoms with Crippen LogP contribution in [0.3, 0.4) is 0 Å². The van der Waals surface area contributed by atoms with Gasteiger partial charge in [-0.15, -0.1) is 11.3 Å². The van der Waals surface area contributed by atoms with Gasteiger partial charge in [0.15, 0.2) is 5.16 Å². The quantitative estimate of drug-likeness (QED) is 0.617. The smallest absolute Gasteiger partial charge is 0.262 e. The number of hydrogen-bond acceptors (Lipinski definition) is 5. The monoisotopic (exact) mass is 394 g/mol. The van der Waals surface area contributed by atoms with Crippen molar-refractivity contribution in [2.24, 2.45) is 13.0 Å². The SMILES string of the molecule is CC(C)C[NH+]1CCO[C@H](CSc2nc3sc4c(c3c(=O)n2C)CCC4)C1. The van der Waals surface area contributed by atoms with E-state index in [1.807, 2.05) is 7.05 Å². The second-order valence-corrected chi connectivity index (χ2v) is 9.97. The topological polar surface area (TPSA) is 48.6 Å². The van der Waals surface area contributed by atoms with Gasteiger partial charge in [0.2, 0.25) is 0 Å². The lowest BCUT2D eigenvalue weighted by molar-refractivity contribution is -0.914. The Hall–Kier alpha value is -0.890. The average Bonchev–Trinajstić information content (AvgIpc) is 3.17. The van der Waals surface area contributed by atoms with Crippen molar-refractivity contribution in [1.29, 1.82) is 0 Å². The van der Waals surface area contributed by atoms with Crippen LogP contribution in [0.15, 0.2) is 9.95 Å². The van der Waals surface area contributed by atoms with Gasteiger partial charge >= 0.3 is 0 Å². The molecule has 3 heterocycles. The molecule has 1 N–H and O–H groups in total. The van der Waals surface area contributed by atoms with Crippen LogP contribution in [-0.4, -0.2) is 47.6 Å². The molecule has 7 heteroatoms. The Bertz CT molecular complexity index is 859. The summed E-state index contributed by atoms with van der Waals surface area (Å²) < 4.78 is 7.70. The molecular formula is C19H28N3O2S2+. The molecule has 2 aromatic heterocycles. The molecule has 1 aliphatic carbocycles. The molecule has 0 aromatic carbocycles. The van der Waals surface area contributed by atoms with Gasteiger partial charge in [-0.1, -0.05) is 25.6 Å². The molecule has 0 bridgehead atoms. The summed E-state index contributed by atoms with van der Waals surface area (Å²) in [6.45, 7) is 8.74. The van der Waals surface area contributed by atoms with Gasteiger partial charge in [0.1, 0.15) is 24.0 Å². The van der Waals surface area contributed by atoms with Gasteiger partial charge in [0.05, 0.1) is 18.5 Å². The van der Waals surface area contributed by atoms with Gasteiger partial charge in [0.25, 0.3) is 5.56 Å². The number of morpholine rings is 1. The molecule has 1 unspecified atom stereocenters. The lowest BCUT2D eigenvalue weighted by atomic mass is 10.2. The van der Waals surface area contributed by atoms with Crippen molar-refractivity contribution in [2.45, 2.75) is 44.4 Å². The molecule has 2 atom stereocenters. The van der Waals surface area contributed by atoms with Gasteiger partial charge in [-0.3, -0.25) is 9.36 Å². The summed E-state index contributed by atoms with van der Waals surface area (Å²) in [6.07, 6.45) is 3.55. The van der Waals surface area contributed by atoms with E-state index in [-0.39, 0.29) is 11.7 Å². The van der Waals surface area contributed by atoms with Crippen LogP contribution in [0, 0.1) is 5.92 Å². The summed E-state index contributed by atoms with van der Waals surface area (Å²) in [5.74, 6) is 1.57. The van der Waals surface area contributed by atoms with Crippen LogP contribution in [0.5, 0.6) is 0 Å². The third-order valence-electron chi connectivity index (χ3n) is 5.33. The molecular weight excluding hydrogens is 366 g/mol. The number of aromatic nitrogens is 2. The van der Waals surface area contributed by atoms with Crippen LogP contribution in [0.4, 0.5) is 0 Å². The number of rotatable bonds is 5. The molecule has 0 radical (unpaired) electrons. The summed E-state index contributed by atoms with van der Waals surface area (Å²) in [6, 6.07) is 0. The fourth-order valence-corrected chi connectivity index (χ4v) is 6.42. The number of thioether (sulfide) groups is 1. The molecule has 5 nitrogen and oxygen atoms in total. The largest absolute Gasteiger partial charge is 0.366 e. The minimum atomic E-state index is 0.119. The highest BCUT2D eigenvalue weighted by Gasteiger charge is 2.26. The Kier molecular flexibility index (Phi) is 5.41. The summed E-state index contributed by atoms with van der Waals surface area (Å²) in [5.41, 5.74) is 1.38. The first-order chi connectivity index (χ1) is 12.5. The Balaban J connectivity index is 1.49. The van der Waals surface area contributed by atoms with E-state index in [9.17, 15) is 4.79 Å². The predicted octanol–water partition coefficient (Wildman–Crippen LogP) is 1.52. The van der Waals surface area contributed by atoms with Crippen LogP contribution in [0.1, 0.15) is 30.7 Å². The molecule has 0 spiro atoms. The minimum absolute atomic E-state index is 0.119. The lowest BCUT2D eigenvalue weighted by Crippen LogP contribution is -3.15. The minimum Gasteiger partial charge on any atom is -0.366 e. The van der Waals surface area contributed by atoms with Crippen molar-refractivity contribution in [3.63, 3.8) is 0 Å². The van der Waals surface area contributed by atoms with E-state index in [0.29, 0.717) is 5.92 Å². The number of fused-ring (bicyclic) bond motifs is 3. The molecule has 1 aliphatic heterocycles. The van der Waals surface area contributed by atoms with E-state index < -0.39 is 0 Å². The summed E-state index contributed by atoms with van der Waals surface area (Å²) in [5, 5.41) is 1.69. The first kappa shape index (κ1) is 18.5. The van der Waals surface area contributed by atoms with Crippen LogP contribution < -0.4 is 10.5 Å². The van der Waals surface area contributed by atoms with Crippen LogP contribution in [0.2, 0.25) is 0 Å². The first-order valence-corrected chi connectivity index (χ1v) is 11.4. The zero-order valence-electron chi connectivity index (χ0n) is 15.8. The highest BCUT2D eigenvalue weighted by atomic mass is 32.2. The van der Waals surface area contributed by atoms with Gasteiger partial charge in [-0.05, 0) is 24.8 Å². The van der Waals surface area contributed by atoms with Crippen LogP contribution in [0.25, 0.3) is 10.2 Å². The zero-order chi connectivity index (χ0) is 18.3. The molecule has 0 saturated carbocycles. The second kappa shape index (κ2) is 7.62. The van der Waals surface area contributed by atoms with E-state index in [4.69, 9.17) is 9.72 Å². The molecule has 142 valence electrons. The molecule has 1 saturated heterocycles. The van der Waals surface area contributed by atoms with E-state index in [0.717, 1.165) is 53.7 Å². The molecule has 1 fully saturated rings. The van der Waals surface area contributed by atoms with Gasteiger partial charge in [-0.2, -0.15) is 0 Å². The van der Waals surface area contributed by atoms with Crippen LogP contribution >= 0.6 is 23.1 Å². The van der Waals surface area contributed by atoms with Crippen molar-refractivity contribution < 1.29 is 9.64 Å². The second-order valence-electron chi connectivity index (χ2n) is 7.90. The van der Waals surface area contributed by atoms with Crippen molar-refractivity contribution in [2.75, 3.05) is 32.0 Å². The standard InChI is InChI=1S/C19H27N3O2S2/c1-12(2)9-22-7-8-24-13(10-22)11-25-19-20-17-16(18(23)21(19)3)14-5-4-6-15(14)26-17/h12-13H,4-11H2,1-3H3/p+1/t13-/m0/s1. The van der Waals surface area contributed by atoms with E-state index in [1.165, 1.54) is 23.4 Å². The van der Waals surface area contributed by atoms with Gasteiger partial charge < -0.3 is 9.64 Å². The normalized spacial score (nSPS) is 23.1. The molecule has 4 rings (SSSR count). The maximum Gasteiger partial charge on any atom is 0.262 e. The number of quaternary nitrogens is 1. The molecule has 26 heavy (non-hydrogen) atoms. The Labute approximate surface area is 162 Å². The summed E-state index contributed by atoms with van der Waals surface area (Å²) in [4.78, 5) is 21.6. The van der Waals surface area contributed by atoms with Gasteiger partial charge in [-0.25, -0.2) is 4.98 Å².